The fourth-order valence-corrected chi connectivity index (χ4v) is 1.64. The molecule has 0 amide bonds. The molecule has 82 valence electrons. The van der Waals surface area contributed by atoms with Gasteiger partial charge in [-0.05, 0) is 24.3 Å². The van der Waals surface area contributed by atoms with E-state index >= 15 is 0 Å². The molecule has 1 N–H and O–H groups in total. The first-order valence-corrected chi connectivity index (χ1v) is 4.95. The Labute approximate surface area is 89.7 Å². The Kier molecular flexibility index (Phi) is 3.72. The van der Waals surface area contributed by atoms with Gasteiger partial charge in [-0.3, -0.25) is 0 Å². The molecule has 0 heterocycles. The van der Waals surface area contributed by atoms with Crippen LogP contribution in [0.1, 0.15) is 19.8 Å². The highest BCUT2D eigenvalue weighted by molar-refractivity contribution is 5.93. The molecule has 3 heteroatoms. The van der Waals surface area contributed by atoms with Crippen molar-refractivity contribution in [3.05, 3.63) is 35.6 Å². The highest BCUT2D eigenvalue weighted by Crippen LogP contribution is 2.29. The number of ether oxygens (including phenoxy) is 1. The number of aliphatic hydroxyl groups excluding tert-OH is 1. The molecule has 3 nitrogen and oxygen atoms in total. The second kappa shape index (κ2) is 4.82. The van der Waals surface area contributed by atoms with Crippen LogP contribution in [0.15, 0.2) is 35.6 Å². The summed E-state index contributed by atoms with van der Waals surface area (Å²) in [5.74, 6) is -0.347. The molecule has 1 aliphatic carbocycles. The van der Waals surface area contributed by atoms with Crippen molar-refractivity contribution in [2.45, 2.75) is 19.8 Å². The van der Waals surface area contributed by atoms with Gasteiger partial charge in [0.2, 0.25) is 0 Å². The van der Waals surface area contributed by atoms with Gasteiger partial charge in [-0.15, -0.1) is 6.58 Å². The van der Waals surface area contributed by atoms with Crippen LogP contribution in [0.3, 0.4) is 0 Å². The molecular formula is C12H16O3. The maximum Gasteiger partial charge on any atom is 0.341 e. The van der Waals surface area contributed by atoms with Crippen molar-refractivity contribution in [3.63, 3.8) is 0 Å². The number of methoxy groups -OCH3 is 1. The number of esters is 1. The van der Waals surface area contributed by atoms with E-state index in [1.54, 1.807) is 12.2 Å². The third kappa shape index (κ3) is 2.29. The fourth-order valence-electron chi connectivity index (χ4n) is 1.64. The molecule has 0 fully saturated rings. The van der Waals surface area contributed by atoms with Gasteiger partial charge in [-0.1, -0.05) is 19.1 Å². The predicted octanol–water partition coefficient (Wildman–Crippen LogP) is 2.51. The molecule has 1 rings (SSSR count). The second-order valence-corrected chi connectivity index (χ2v) is 3.55. The smallest absolute Gasteiger partial charge is 0.341 e. The fraction of sp³-hybridized carbons (Fsp3) is 0.417. The summed E-state index contributed by atoms with van der Waals surface area (Å²) < 4.78 is 4.59. The monoisotopic (exact) mass is 208 g/mol. The van der Waals surface area contributed by atoms with Gasteiger partial charge in [0.25, 0.3) is 0 Å². The van der Waals surface area contributed by atoms with Crippen LogP contribution in [0, 0.1) is 5.92 Å². The molecule has 1 aliphatic rings. The van der Waals surface area contributed by atoms with Crippen LogP contribution < -0.4 is 0 Å². The van der Waals surface area contributed by atoms with Crippen LogP contribution in [0.5, 0.6) is 0 Å². The Bertz CT molecular complexity index is 337. The first kappa shape index (κ1) is 11.6. The first-order valence-electron chi connectivity index (χ1n) is 4.95. The van der Waals surface area contributed by atoms with E-state index in [2.05, 4.69) is 11.3 Å². The molecule has 15 heavy (non-hydrogen) atoms. The molecule has 0 saturated carbocycles. The molecule has 0 spiro atoms. The largest absolute Gasteiger partial charge is 0.507 e. The van der Waals surface area contributed by atoms with Crippen molar-refractivity contribution in [2.24, 2.45) is 5.92 Å². The highest BCUT2D eigenvalue weighted by atomic mass is 16.5. The Morgan fingerprint density at radius 2 is 2.40 bits per heavy atom. The first-order chi connectivity index (χ1) is 7.11. The molecule has 0 bridgehead atoms. The molecule has 1 atom stereocenters. The quantitative estimate of drug-likeness (QED) is 0.572. The van der Waals surface area contributed by atoms with Crippen LogP contribution in [0.2, 0.25) is 0 Å². The number of carbonyl (C=O) groups excluding carboxylic acids is 1. The molecule has 0 radical (unpaired) electrons. The maximum atomic E-state index is 11.3. The lowest BCUT2D eigenvalue weighted by molar-refractivity contribution is -0.136. The third-order valence-electron chi connectivity index (χ3n) is 2.63. The normalized spacial score (nSPS) is 18.1. The Balaban J connectivity index is 3.03. The van der Waals surface area contributed by atoms with Gasteiger partial charge in [-0.25, -0.2) is 4.79 Å². The van der Waals surface area contributed by atoms with Crippen LogP contribution >= 0.6 is 0 Å². The topological polar surface area (TPSA) is 46.5 Å². The number of rotatable bonds is 3. The average Bonchev–Trinajstić information content (AvgIpc) is 2.27. The highest BCUT2D eigenvalue weighted by Gasteiger charge is 2.23. The molecule has 0 aliphatic heterocycles. The van der Waals surface area contributed by atoms with E-state index in [0.29, 0.717) is 0 Å². The van der Waals surface area contributed by atoms with E-state index in [4.69, 9.17) is 0 Å². The van der Waals surface area contributed by atoms with Crippen LogP contribution in [0.4, 0.5) is 0 Å². The standard InChI is InChI=1S/C12H16O3/c1-4-8(2)9-6-5-7-10(11(9)13)12(14)15-3/h4,7-8,13H,1,5-6H2,2-3H3. The zero-order valence-electron chi connectivity index (χ0n) is 9.12. The SMILES string of the molecule is C=CC(C)C1=C(O)C(C(=O)OC)=CCC1. The summed E-state index contributed by atoms with van der Waals surface area (Å²) >= 11 is 0. The molecule has 0 aromatic heterocycles. The van der Waals surface area contributed by atoms with Crippen molar-refractivity contribution in [1.29, 1.82) is 0 Å². The zero-order chi connectivity index (χ0) is 11.4. The molecular weight excluding hydrogens is 192 g/mol. The minimum absolute atomic E-state index is 0.0560. The van der Waals surface area contributed by atoms with Crippen LogP contribution in [-0.2, 0) is 9.53 Å². The third-order valence-corrected chi connectivity index (χ3v) is 2.63. The number of carbonyl (C=O) groups is 1. The summed E-state index contributed by atoms with van der Waals surface area (Å²) in [5, 5.41) is 9.89. The maximum absolute atomic E-state index is 11.3. The van der Waals surface area contributed by atoms with Gasteiger partial charge in [0.1, 0.15) is 5.76 Å². The Morgan fingerprint density at radius 1 is 1.73 bits per heavy atom. The van der Waals surface area contributed by atoms with Gasteiger partial charge in [-0.2, -0.15) is 0 Å². The average molecular weight is 208 g/mol. The van der Waals surface area contributed by atoms with E-state index < -0.39 is 5.97 Å². The molecule has 0 saturated heterocycles. The summed E-state index contributed by atoms with van der Waals surface area (Å²) in [6, 6.07) is 0. The molecule has 0 aromatic carbocycles. The van der Waals surface area contributed by atoms with Gasteiger partial charge in [0, 0.05) is 0 Å². The van der Waals surface area contributed by atoms with E-state index in [9.17, 15) is 9.90 Å². The van der Waals surface area contributed by atoms with Gasteiger partial charge < -0.3 is 9.84 Å². The summed E-state index contributed by atoms with van der Waals surface area (Å²) in [6.45, 7) is 5.62. The molecule has 1 unspecified atom stereocenters. The minimum atomic E-state index is -0.485. The second-order valence-electron chi connectivity index (χ2n) is 3.55. The van der Waals surface area contributed by atoms with Crippen molar-refractivity contribution in [2.75, 3.05) is 7.11 Å². The van der Waals surface area contributed by atoms with Crippen molar-refractivity contribution >= 4 is 5.97 Å². The summed E-state index contributed by atoms with van der Waals surface area (Å²) in [4.78, 5) is 11.3. The van der Waals surface area contributed by atoms with E-state index in [1.807, 2.05) is 6.92 Å². The zero-order valence-corrected chi connectivity index (χ0v) is 9.12. The van der Waals surface area contributed by atoms with Crippen molar-refractivity contribution in [1.82, 2.24) is 0 Å². The Hall–Kier alpha value is -1.51. The van der Waals surface area contributed by atoms with Crippen molar-refractivity contribution < 1.29 is 14.6 Å². The van der Waals surface area contributed by atoms with E-state index in [-0.39, 0.29) is 17.3 Å². The Morgan fingerprint density at radius 3 is 2.93 bits per heavy atom. The molecule has 0 aromatic rings. The van der Waals surface area contributed by atoms with Crippen LogP contribution in [-0.4, -0.2) is 18.2 Å². The van der Waals surface area contributed by atoms with Gasteiger partial charge in [0.05, 0.1) is 12.7 Å². The van der Waals surface area contributed by atoms with E-state index in [1.165, 1.54) is 7.11 Å². The lowest BCUT2D eigenvalue weighted by atomic mass is 9.89. The lowest BCUT2D eigenvalue weighted by Crippen LogP contribution is -2.14. The van der Waals surface area contributed by atoms with Crippen molar-refractivity contribution in [3.8, 4) is 0 Å². The summed E-state index contributed by atoms with van der Waals surface area (Å²) in [7, 11) is 1.31. The number of hydrogen-bond donors (Lipinski definition) is 1. The number of allylic oxidation sites excluding steroid dienone is 3. The number of aliphatic hydroxyl groups is 1. The number of hydrogen-bond acceptors (Lipinski definition) is 3. The van der Waals surface area contributed by atoms with Gasteiger partial charge >= 0.3 is 5.97 Å². The summed E-state index contributed by atoms with van der Waals surface area (Å²) in [6.07, 6.45) is 4.98. The lowest BCUT2D eigenvalue weighted by Gasteiger charge is -2.19. The predicted molar refractivity (Wildman–Crippen MR) is 58.3 cm³/mol. The van der Waals surface area contributed by atoms with E-state index in [0.717, 1.165) is 18.4 Å². The van der Waals surface area contributed by atoms with Gasteiger partial charge in [0.15, 0.2) is 0 Å². The summed E-state index contributed by atoms with van der Waals surface area (Å²) in [5.41, 5.74) is 1.13. The minimum Gasteiger partial charge on any atom is -0.507 e. The van der Waals surface area contributed by atoms with Crippen LogP contribution in [0.25, 0.3) is 0 Å².